The zero-order valence-electron chi connectivity index (χ0n) is 10.6. The Morgan fingerprint density at radius 1 is 1.05 bits per heavy atom. The lowest BCUT2D eigenvalue weighted by molar-refractivity contribution is 0.0856. The number of carbonyl (C=O) groups is 1. The summed E-state index contributed by atoms with van der Waals surface area (Å²) in [5, 5.41) is 10.2. The van der Waals surface area contributed by atoms with E-state index in [-0.39, 0.29) is 11.7 Å². The summed E-state index contributed by atoms with van der Waals surface area (Å²) in [4.78, 5) is 12.3. The first-order valence-electron chi connectivity index (χ1n) is 6.61. The molecule has 96 valence electrons. The quantitative estimate of drug-likeness (QED) is 0.911. The third-order valence-electron chi connectivity index (χ3n) is 3.81. The van der Waals surface area contributed by atoms with Crippen molar-refractivity contribution in [1.29, 1.82) is 0 Å². The highest BCUT2D eigenvalue weighted by Gasteiger charge is 2.31. The standard InChI is InChI=1S/C17H16O2/c18-16(12-6-2-1-3-7-12)11-14-10-13-8-4-5-9-15(13)17(14)19/h1-9,14,16,18H,10-11H2. The molecule has 0 saturated heterocycles. The van der Waals surface area contributed by atoms with Gasteiger partial charge in [0.15, 0.2) is 5.78 Å². The molecule has 0 bridgehead atoms. The Hall–Kier alpha value is -1.93. The first kappa shape index (κ1) is 12.1. The molecular formula is C17H16O2. The van der Waals surface area contributed by atoms with Gasteiger partial charge in [-0.3, -0.25) is 4.79 Å². The normalized spacial score (nSPS) is 19.2. The van der Waals surface area contributed by atoms with Crippen LogP contribution in [0.25, 0.3) is 0 Å². The molecule has 0 saturated carbocycles. The van der Waals surface area contributed by atoms with Crippen LogP contribution in [-0.4, -0.2) is 10.9 Å². The summed E-state index contributed by atoms with van der Waals surface area (Å²) in [6, 6.07) is 17.3. The van der Waals surface area contributed by atoms with Crippen LogP contribution in [-0.2, 0) is 6.42 Å². The lowest BCUT2D eigenvalue weighted by Gasteiger charge is -2.14. The van der Waals surface area contributed by atoms with E-state index < -0.39 is 6.10 Å². The second kappa shape index (κ2) is 4.98. The molecule has 0 fully saturated rings. The highest BCUT2D eigenvalue weighted by Crippen LogP contribution is 2.32. The number of aliphatic hydroxyl groups excluding tert-OH is 1. The number of carbonyl (C=O) groups excluding carboxylic acids is 1. The van der Waals surface area contributed by atoms with E-state index in [2.05, 4.69) is 0 Å². The van der Waals surface area contributed by atoms with E-state index in [4.69, 9.17) is 0 Å². The molecule has 2 aromatic carbocycles. The number of benzene rings is 2. The van der Waals surface area contributed by atoms with Crippen LogP contribution in [0.5, 0.6) is 0 Å². The topological polar surface area (TPSA) is 37.3 Å². The third kappa shape index (κ3) is 2.32. The minimum atomic E-state index is -0.565. The Morgan fingerprint density at radius 3 is 2.47 bits per heavy atom. The second-order valence-electron chi connectivity index (χ2n) is 5.08. The van der Waals surface area contributed by atoms with Crippen molar-refractivity contribution in [2.45, 2.75) is 18.9 Å². The van der Waals surface area contributed by atoms with E-state index >= 15 is 0 Å². The van der Waals surface area contributed by atoms with Gasteiger partial charge in [-0.05, 0) is 24.0 Å². The van der Waals surface area contributed by atoms with Crippen molar-refractivity contribution in [3.8, 4) is 0 Å². The average molecular weight is 252 g/mol. The number of hydrogen-bond acceptors (Lipinski definition) is 2. The number of rotatable bonds is 3. The molecule has 2 heteroatoms. The Labute approximate surface area is 112 Å². The molecule has 19 heavy (non-hydrogen) atoms. The number of hydrogen-bond donors (Lipinski definition) is 1. The number of Topliss-reactive ketones (excluding diaryl/α,β-unsaturated/α-hetero) is 1. The van der Waals surface area contributed by atoms with Crippen molar-refractivity contribution in [2.75, 3.05) is 0 Å². The molecule has 1 aliphatic rings. The molecule has 0 amide bonds. The van der Waals surface area contributed by atoms with E-state index in [1.54, 1.807) is 0 Å². The fourth-order valence-electron chi connectivity index (χ4n) is 2.79. The van der Waals surface area contributed by atoms with E-state index in [1.807, 2.05) is 54.6 Å². The summed E-state index contributed by atoms with van der Waals surface area (Å²) in [7, 11) is 0. The highest BCUT2D eigenvalue weighted by molar-refractivity contribution is 6.02. The van der Waals surface area contributed by atoms with E-state index in [1.165, 1.54) is 0 Å². The SMILES string of the molecule is O=C1c2ccccc2CC1CC(O)c1ccccc1. The van der Waals surface area contributed by atoms with E-state index in [9.17, 15) is 9.90 Å². The van der Waals surface area contributed by atoms with Gasteiger partial charge in [0.2, 0.25) is 0 Å². The molecular weight excluding hydrogens is 236 g/mol. The van der Waals surface area contributed by atoms with E-state index in [0.717, 1.165) is 23.1 Å². The fourth-order valence-corrected chi connectivity index (χ4v) is 2.79. The van der Waals surface area contributed by atoms with Crippen molar-refractivity contribution >= 4 is 5.78 Å². The van der Waals surface area contributed by atoms with Gasteiger partial charge in [-0.2, -0.15) is 0 Å². The molecule has 2 aromatic rings. The minimum Gasteiger partial charge on any atom is -0.388 e. The van der Waals surface area contributed by atoms with Gasteiger partial charge >= 0.3 is 0 Å². The van der Waals surface area contributed by atoms with Crippen LogP contribution in [0.4, 0.5) is 0 Å². The molecule has 2 unspecified atom stereocenters. The minimum absolute atomic E-state index is 0.0902. The number of fused-ring (bicyclic) bond motifs is 1. The predicted molar refractivity (Wildman–Crippen MR) is 74.0 cm³/mol. The van der Waals surface area contributed by atoms with Gasteiger partial charge in [0.25, 0.3) is 0 Å². The van der Waals surface area contributed by atoms with Gasteiger partial charge < -0.3 is 5.11 Å². The van der Waals surface area contributed by atoms with Crippen molar-refractivity contribution in [3.63, 3.8) is 0 Å². The average Bonchev–Trinajstić information content (AvgIpc) is 2.77. The lowest BCUT2D eigenvalue weighted by Crippen LogP contribution is -2.13. The van der Waals surface area contributed by atoms with Crippen LogP contribution >= 0.6 is 0 Å². The second-order valence-corrected chi connectivity index (χ2v) is 5.08. The summed E-state index contributed by atoms with van der Waals surface area (Å²) in [6.07, 6.45) is 0.681. The third-order valence-corrected chi connectivity index (χ3v) is 3.81. The molecule has 0 aromatic heterocycles. The van der Waals surface area contributed by atoms with Crippen LogP contribution in [0.1, 0.15) is 34.0 Å². The van der Waals surface area contributed by atoms with Gasteiger partial charge in [-0.15, -0.1) is 0 Å². The smallest absolute Gasteiger partial charge is 0.166 e. The largest absolute Gasteiger partial charge is 0.388 e. The summed E-state index contributed by atoms with van der Waals surface area (Å²) >= 11 is 0. The van der Waals surface area contributed by atoms with E-state index in [0.29, 0.717) is 6.42 Å². The van der Waals surface area contributed by atoms with Crippen LogP contribution in [0.3, 0.4) is 0 Å². The molecule has 0 aliphatic heterocycles. The van der Waals surface area contributed by atoms with Crippen molar-refractivity contribution in [1.82, 2.24) is 0 Å². The summed E-state index contributed by atoms with van der Waals surface area (Å²) in [6.45, 7) is 0. The Bertz CT molecular complexity index is 589. The first-order chi connectivity index (χ1) is 9.25. The Kier molecular flexibility index (Phi) is 3.18. The lowest BCUT2D eigenvalue weighted by atomic mass is 9.94. The van der Waals surface area contributed by atoms with Crippen molar-refractivity contribution in [2.24, 2.45) is 5.92 Å². The summed E-state index contributed by atoms with van der Waals surface area (Å²) in [5.41, 5.74) is 2.82. The maximum Gasteiger partial charge on any atom is 0.166 e. The van der Waals surface area contributed by atoms with Crippen LogP contribution < -0.4 is 0 Å². The molecule has 1 aliphatic carbocycles. The number of aliphatic hydroxyl groups is 1. The summed E-state index contributed by atoms with van der Waals surface area (Å²) in [5.74, 6) is 0.0817. The van der Waals surface area contributed by atoms with Crippen molar-refractivity contribution in [3.05, 3.63) is 71.3 Å². The van der Waals surface area contributed by atoms with Gasteiger partial charge in [0, 0.05) is 11.5 Å². The van der Waals surface area contributed by atoms with Gasteiger partial charge in [-0.1, -0.05) is 54.6 Å². The van der Waals surface area contributed by atoms with Gasteiger partial charge in [0.05, 0.1) is 6.10 Å². The summed E-state index contributed by atoms with van der Waals surface area (Å²) < 4.78 is 0. The number of ketones is 1. The predicted octanol–water partition coefficient (Wildman–Crippen LogP) is 3.17. The molecule has 0 radical (unpaired) electrons. The van der Waals surface area contributed by atoms with Crippen LogP contribution in [0, 0.1) is 5.92 Å². The maximum atomic E-state index is 12.3. The first-order valence-corrected chi connectivity index (χ1v) is 6.61. The Morgan fingerprint density at radius 2 is 1.74 bits per heavy atom. The van der Waals surface area contributed by atoms with Crippen LogP contribution in [0.15, 0.2) is 54.6 Å². The molecule has 2 nitrogen and oxygen atoms in total. The monoisotopic (exact) mass is 252 g/mol. The maximum absolute atomic E-state index is 12.3. The van der Waals surface area contributed by atoms with Gasteiger partial charge in [0.1, 0.15) is 0 Å². The molecule has 1 N–H and O–H groups in total. The highest BCUT2D eigenvalue weighted by atomic mass is 16.3. The van der Waals surface area contributed by atoms with Crippen LogP contribution in [0.2, 0.25) is 0 Å². The molecule has 0 spiro atoms. The fraction of sp³-hybridized carbons (Fsp3) is 0.235. The zero-order valence-corrected chi connectivity index (χ0v) is 10.6. The van der Waals surface area contributed by atoms with Gasteiger partial charge in [-0.25, -0.2) is 0 Å². The van der Waals surface area contributed by atoms with Crippen molar-refractivity contribution < 1.29 is 9.90 Å². The molecule has 3 rings (SSSR count). The molecule has 2 atom stereocenters. The molecule has 0 heterocycles. The Balaban J connectivity index is 1.75. The zero-order chi connectivity index (χ0) is 13.2.